The molecule has 0 atom stereocenters. The third-order valence-corrected chi connectivity index (χ3v) is 2.94. The normalized spacial score (nSPS) is 10.3. The van der Waals surface area contributed by atoms with Gasteiger partial charge in [-0.05, 0) is 43.7 Å². The average Bonchev–Trinajstić information content (AvgIpc) is 2.30. The number of hydrogen-bond donors (Lipinski definition) is 1. The number of halogens is 1. The first kappa shape index (κ1) is 11.7. The molecule has 0 saturated carbocycles. The molecular weight excluding hydrogens is 236 g/mol. The fourth-order valence-electron chi connectivity index (χ4n) is 1.44. The summed E-state index contributed by atoms with van der Waals surface area (Å²) in [5.74, 6) is 1.44. The van der Waals surface area contributed by atoms with Crippen LogP contribution in [0.5, 0.6) is 11.5 Å². The van der Waals surface area contributed by atoms with Gasteiger partial charge in [0.1, 0.15) is 16.7 Å². The van der Waals surface area contributed by atoms with Crippen molar-refractivity contribution in [3.63, 3.8) is 0 Å². The number of ether oxygens (including phenoxy) is 1. The van der Waals surface area contributed by atoms with Crippen molar-refractivity contribution in [3.8, 4) is 11.5 Å². The molecule has 0 aliphatic heterocycles. The van der Waals surface area contributed by atoms with Gasteiger partial charge in [-0.3, -0.25) is 0 Å². The van der Waals surface area contributed by atoms with Crippen LogP contribution in [0.1, 0.15) is 11.1 Å². The van der Waals surface area contributed by atoms with E-state index in [1.165, 1.54) is 0 Å². The van der Waals surface area contributed by atoms with Crippen LogP contribution in [-0.4, -0.2) is 4.98 Å². The number of aromatic nitrogens is 1. The van der Waals surface area contributed by atoms with Gasteiger partial charge in [0.15, 0.2) is 0 Å². The second-order valence-corrected chi connectivity index (χ2v) is 4.20. The predicted molar refractivity (Wildman–Crippen MR) is 69.6 cm³/mol. The highest BCUT2D eigenvalue weighted by atomic mass is 35.5. The molecule has 0 radical (unpaired) electrons. The van der Waals surface area contributed by atoms with Gasteiger partial charge in [-0.1, -0.05) is 11.6 Å². The molecule has 0 aliphatic rings. The van der Waals surface area contributed by atoms with E-state index in [1.807, 2.05) is 32.0 Å². The van der Waals surface area contributed by atoms with Crippen molar-refractivity contribution in [1.82, 2.24) is 4.98 Å². The van der Waals surface area contributed by atoms with Gasteiger partial charge in [0.05, 0.1) is 0 Å². The topological polar surface area (TPSA) is 48.1 Å². The van der Waals surface area contributed by atoms with Crippen LogP contribution in [0.4, 0.5) is 5.69 Å². The van der Waals surface area contributed by atoms with Crippen molar-refractivity contribution in [2.45, 2.75) is 13.8 Å². The van der Waals surface area contributed by atoms with Gasteiger partial charge >= 0.3 is 0 Å². The maximum atomic E-state index is 5.93. The monoisotopic (exact) mass is 248 g/mol. The maximum Gasteiger partial charge on any atom is 0.135 e. The minimum atomic E-state index is 0.453. The second-order valence-electron chi connectivity index (χ2n) is 3.85. The number of nitrogens with two attached hydrogens (primary N) is 1. The Morgan fingerprint density at radius 1 is 1.24 bits per heavy atom. The lowest BCUT2D eigenvalue weighted by Gasteiger charge is -2.10. The number of anilines is 1. The molecule has 0 fully saturated rings. The number of pyridine rings is 1. The molecule has 2 rings (SSSR count). The summed E-state index contributed by atoms with van der Waals surface area (Å²) >= 11 is 5.93. The molecule has 0 spiro atoms. The van der Waals surface area contributed by atoms with Crippen LogP contribution in [0.3, 0.4) is 0 Å². The summed E-state index contributed by atoms with van der Waals surface area (Å²) < 4.78 is 5.75. The molecule has 4 heteroatoms. The van der Waals surface area contributed by atoms with E-state index in [0.717, 1.165) is 22.6 Å². The zero-order valence-corrected chi connectivity index (χ0v) is 10.5. The Balaban J connectivity index is 2.31. The number of nitrogens with zero attached hydrogens (tertiary/aromatic N) is 1. The van der Waals surface area contributed by atoms with Gasteiger partial charge < -0.3 is 10.5 Å². The van der Waals surface area contributed by atoms with Crippen LogP contribution in [-0.2, 0) is 0 Å². The zero-order valence-electron chi connectivity index (χ0n) is 9.70. The average molecular weight is 249 g/mol. The number of hydrogen-bond acceptors (Lipinski definition) is 3. The molecule has 2 N–H and O–H groups in total. The van der Waals surface area contributed by atoms with Gasteiger partial charge in [0.2, 0.25) is 0 Å². The van der Waals surface area contributed by atoms with E-state index in [-0.39, 0.29) is 0 Å². The molecule has 0 bridgehead atoms. The van der Waals surface area contributed by atoms with Crippen LogP contribution in [0.2, 0.25) is 5.15 Å². The predicted octanol–water partition coefficient (Wildman–Crippen LogP) is 3.73. The molecule has 1 aromatic heterocycles. The quantitative estimate of drug-likeness (QED) is 0.651. The highest BCUT2D eigenvalue weighted by molar-refractivity contribution is 6.30. The van der Waals surface area contributed by atoms with Crippen LogP contribution in [0, 0.1) is 13.8 Å². The molecule has 1 aromatic carbocycles. The SMILES string of the molecule is Cc1cc(Oc2ccnc(Cl)c2C)ccc1N. The van der Waals surface area contributed by atoms with Gasteiger partial charge in [-0.25, -0.2) is 4.98 Å². The van der Waals surface area contributed by atoms with E-state index in [1.54, 1.807) is 12.3 Å². The summed E-state index contributed by atoms with van der Waals surface area (Å²) in [6, 6.07) is 7.33. The first-order chi connectivity index (χ1) is 8.08. The lowest BCUT2D eigenvalue weighted by atomic mass is 10.2. The molecule has 0 amide bonds. The van der Waals surface area contributed by atoms with E-state index in [2.05, 4.69) is 4.98 Å². The summed E-state index contributed by atoms with van der Waals surface area (Å²) in [6.45, 7) is 3.81. The van der Waals surface area contributed by atoms with Crippen molar-refractivity contribution in [2.75, 3.05) is 5.73 Å². The molecule has 1 heterocycles. The number of benzene rings is 1. The maximum absolute atomic E-state index is 5.93. The highest BCUT2D eigenvalue weighted by Crippen LogP contribution is 2.29. The second kappa shape index (κ2) is 4.63. The minimum Gasteiger partial charge on any atom is -0.457 e. The zero-order chi connectivity index (χ0) is 12.4. The van der Waals surface area contributed by atoms with Crippen molar-refractivity contribution in [2.24, 2.45) is 0 Å². The van der Waals surface area contributed by atoms with E-state index >= 15 is 0 Å². The third-order valence-electron chi connectivity index (χ3n) is 2.56. The Bertz CT molecular complexity index is 555. The largest absolute Gasteiger partial charge is 0.457 e. The molecule has 0 unspecified atom stereocenters. The molecular formula is C13H13ClN2O. The van der Waals surface area contributed by atoms with Gasteiger partial charge in [0, 0.05) is 17.4 Å². The Morgan fingerprint density at radius 2 is 2.00 bits per heavy atom. The summed E-state index contributed by atoms with van der Waals surface area (Å²) in [6.07, 6.45) is 1.62. The molecule has 88 valence electrons. The fourth-order valence-corrected chi connectivity index (χ4v) is 1.59. The molecule has 0 aliphatic carbocycles. The molecule has 0 saturated heterocycles. The Labute approximate surface area is 105 Å². The van der Waals surface area contributed by atoms with Crippen molar-refractivity contribution < 1.29 is 4.74 Å². The Kier molecular flexibility index (Phi) is 3.20. The number of nitrogen functional groups attached to an aromatic ring is 1. The lowest BCUT2D eigenvalue weighted by molar-refractivity contribution is 0.478. The molecule has 3 nitrogen and oxygen atoms in total. The van der Waals surface area contributed by atoms with Crippen molar-refractivity contribution in [3.05, 3.63) is 46.7 Å². The lowest BCUT2D eigenvalue weighted by Crippen LogP contribution is -1.93. The van der Waals surface area contributed by atoms with Gasteiger partial charge in [0.25, 0.3) is 0 Å². The van der Waals surface area contributed by atoms with Crippen LogP contribution < -0.4 is 10.5 Å². The van der Waals surface area contributed by atoms with Crippen molar-refractivity contribution >= 4 is 17.3 Å². The summed E-state index contributed by atoms with van der Waals surface area (Å²) in [5.41, 5.74) is 8.31. The van der Waals surface area contributed by atoms with Crippen LogP contribution in [0.25, 0.3) is 0 Å². The smallest absolute Gasteiger partial charge is 0.135 e. The van der Waals surface area contributed by atoms with E-state index in [0.29, 0.717) is 10.9 Å². The standard InChI is InChI=1S/C13H13ClN2O/c1-8-7-10(3-4-11(8)15)17-12-5-6-16-13(14)9(12)2/h3-7H,15H2,1-2H3. The summed E-state index contributed by atoms with van der Waals surface area (Å²) in [7, 11) is 0. The summed E-state index contributed by atoms with van der Waals surface area (Å²) in [4.78, 5) is 3.98. The molecule has 17 heavy (non-hydrogen) atoms. The fraction of sp³-hybridized carbons (Fsp3) is 0.154. The van der Waals surface area contributed by atoms with Crippen molar-refractivity contribution in [1.29, 1.82) is 0 Å². The highest BCUT2D eigenvalue weighted by Gasteiger charge is 2.06. The number of aryl methyl sites for hydroxylation is 1. The first-order valence-electron chi connectivity index (χ1n) is 5.23. The van der Waals surface area contributed by atoms with Gasteiger partial charge in [-0.15, -0.1) is 0 Å². The number of rotatable bonds is 2. The molecule has 2 aromatic rings. The third kappa shape index (κ3) is 2.50. The van der Waals surface area contributed by atoms with Crippen LogP contribution >= 0.6 is 11.6 Å². The van der Waals surface area contributed by atoms with Gasteiger partial charge in [-0.2, -0.15) is 0 Å². The minimum absolute atomic E-state index is 0.453. The van der Waals surface area contributed by atoms with E-state index in [4.69, 9.17) is 22.1 Å². The Hall–Kier alpha value is -1.74. The van der Waals surface area contributed by atoms with E-state index in [9.17, 15) is 0 Å². The first-order valence-corrected chi connectivity index (χ1v) is 5.61. The van der Waals surface area contributed by atoms with E-state index < -0.39 is 0 Å². The summed E-state index contributed by atoms with van der Waals surface area (Å²) in [5, 5.41) is 0.453. The van der Waals surface area contributed by atoms with Crippen LogP contribution in [0.15, 0.2) is 30.5 Å². The Morgan fingerprint density at radius 3 is 2.71 bits per heavy atom.